The van der Waals surface area contributed by atoms with E-state index >= 15 is 0 Å². The molecule has 0 aromatic heterocycles. The Morgan fingerprint density at radius 1 is 1.08 bits per heavy atom. The highest BCUT2D eigenvalue weighted by molar-refractivity contribution is 5.95. The summed E-state index contributed by atoms with van der Waals surface area (Å²) in [6, 6.07) is 11.7. The molecule has 1 aliphatic carbocycles. The molecule has 3 atom stereocenters. The molecule has 2 aromatic rings. The van der Waals surface area contributed by atoms with Gasteiger partial charge in [-0.1, -0.05) is 75.1 Å². The van der Waals surface area contributed by atoms with Gasteiger partial charge in [0.25, 0.3) is 5.91 Å². The number of hydrogen-bond donors (Lipinski definition) is 2. The lowest BCUT2D eigenvalue weighted by Gasteiger charge is -2.28. The number of ether oxygens (including phenoxy) is 1. The first-order valence-electron chi connectivity index (χ1n) is 13.7. The Hall–Kier alpha value is -3.38. The molecule has 4 rings (SSSR count). The molecule has 0 saturated carbocycles. The number of amides is 1. The second-order valence-corrected chi connectivity index (χ2v) is 10.1. The molecule has 6 heteroatoms. The van der Waals surface area contributed by atoms with Crippen LogP contribution in [0.3, 0.4) is 0 Å². The van der Waals surface area contributed by atoms with Gasteiger partial charge in [-0.3, -0.25) is 4.79 Å². The predicted octanol–water partition coefficient (Wildman–Crippen LogP) is 6.26. The van der Waals surface area contributed by atoms with E-state index in [1.165, 1.54) is 50.9 Å². The van der Waals surface area contributed by atoms with Crippen molar-refractivity contribution < 1.29 is 19.0 Å². The van der Waals surface area contributed by atoms with Gasteiger partial charge in [-0.2, -0.15) is 0 Å². The summed E-state index contributed by atoms with van der Waals surface area (Å²) >= 11 is 0. The summed E-state index contributed by atoms with van der Waals surface area (Å²) in [5.74, 6) is -0.281. The number of hydrogen-bond acceptors (Lipinski definition) is 4. The molecular weight excluding hydrogens is 479 g/mol. The van der Waals surface area contributed by atoms with Gasteiger partial charge in [0.1, 0.15) is 0 Å². The first kappa shape index (κ1) is 27.6. The minimum Gasteiger partial charge on any atom is -0.494 e. The van der Waals surface area contributed by atoms with E-state index in [1.807, 2.05) is 6.07 Å². The van der Waals surface area contributed by atoms with E-state index in [4.69, 9.17) is 4.74 Å². The molecule has 0 spiro atoms. The van der Waals surface area contributed by atoms with Crippen molar-refractivity contribution in [3.8, 4) is 16.9 Å². The third-order valence-electron chi connectivity index (χ3n) is 7.42. The molecule has 38 heavy (non-hydrogen) atoms. The van der Waals surface area contributed by atoms with E-state index in [0.29, 0.717) is 23.6 Å². The number of benzene rings is 2. The zero-order chi connectivity index (χ0) is 26.9. The second kappa shape index (κ2) is 13.4. The minimum absolute atomic E-state index is 0.152. The van der Waals surface area contributed by atoms with Crippen molar-refractivity contribution in [3.05, 3.63) is 89.9 Å². The summed E-state index contributed by atoms with van der Waals surface area (Å²) in [5, 5.41) is 13.1. The number of carbonyl (C=O) groups is 1. The van der Waals surface area contributed by atoms with Crippen LogP contribution in [0, 0.1) is 11.7 Å². The highest BCUT2D eigenvalue weighted by Gasteiger charge is 2.33. The van der Waals surface area contributed by atoms with Crippen LogP contribution in [0.15, 0.2) is 78.5 Å². The molecule has 0 fully saturated rings. The number of unbranched alkanes of at least 4 members (excludes halogenated alkanes) is 4. The number of methoxy groups -OCH3 is 1. The van der Waals surface area contributed by atoms with Gasteiger partial charge in [0.2, 0.25) is 0 Å². The Kier molecular flexibility index (Phi) is 9.77. The third kappa shape index (κ3) is 6.73. The second-order valence-electron chi connectivity index (χ2n) is 10.1. The van der Waals surface area contributed by atoms with Crippen LogP contribution in [0.2, 0.25) is 0 Å². The normalized spacial score (nSPS) is 18.7. The number of fused-ring (bicyclic) bond motifs is 1. The summed E-state index contributed by atoms with van der Waals surface area (Å²) in [4.78, 5) is 15.6. The Balaban J connectivity index is 1.41. The van der Waals surface area contributed by atoms with Crippen LogP contribution < -0.4 is 10.1 Å². The number of carbonyl (C=O) groups excluding carboxylic acids is 1. The van der Waals surface area contributed by atoms with Crippen LogP contribution in [0.4, 0.5) is 4.39 Å². The molecule has 0 radical (unpaired) electrons. The molecule has 1 aliphatic heterocycles. The fourth-order valence-corrected chi connectivity index (χ4v) is 5.34. The topological polar surface area (TPSA) is 61.8 Å². The number of rotatable bonds is 13. The maximum Gasteiger partial charge on any atom is 0.251 e. The number of halogens is 1. The Bertz CT molecular complexity index is 1190. The quantitative estimate of drug-likeness (QED) is 0.307. The maximum atomic E-state index is 14.2. The molecule has 0 bridgehead atoms. The zero-order valence-electron chi connectivity index (χ0n) is 22.4. The van der Waals surface area contributed by atoms with Crippen molar-refractivity contribution in [3.63, 3.8) is 0 Å². The number of aliphatic hydroxyl groups excluding tert-OH is 1. The molecule has 5 nitrogen and oxygen atoms in total. The van der Waals surface area contributed by atoms with Crippen molar-refractivity contribution in [1.82, 2.24) is 10.2 Å². The van der Waals surface area contributed by atoms with E-state index in [-0.39, 0.29) is 24.2 Å². The molecule has 202 valence electrons. The Morgan fingerprint density at radius 2 is 1.87 bits per heavy atom. The SMILES string of the molecule is CCCCCCCN1C=C(C[C@H](CO)NC(=O)c2cccc(-c3ccc(OC)c(F)c3)c2)C2C=CC=CC21. The zero-order valence-corrected chi connectivity index (χ0v) is 22.4. The molecule has 2 aliphatic rings. The molecule has 1 amide bonds. The van der Waals surface area contributed by atoms with E-state index < -0.39 is 11.9 Å². The van der Waals surface area contributed by atoms with E-state index in [2.05, 4.69) is 47.6 Å². The van der Waals surface area contributed by atoms with Crippen molar-refractivity contribution >= 4 is 5.91 Å². The van der Waals surface area contributed by atoms with Gasteiger partial charge in [0, 0.05) is 18.0 Å². The summed E-state index contributed by atoms with van der Waals surface area (Å²) in [6.45, 7) is 3.09. The summed E-state index contributed by atoms with van der Waals surface area (Å²) in [5.41, 5.74) is 3.08. The first-order chi connectivity index (χ1) is 18.5. The molecular formula is C32H39FN2O3. The largest absolute Gasteiger partial charge is 0.494 e. The van der Waals surface area contributed by atoms with Gasteiger partial charge in [-0.25, -0.2) is 4.39 Å². The van der Waals surface area contributed by atoms with Gasteiger partial charge in [-0.15, -0.1) is 0 Å². The lowest BCUT2D eigenvalue weighted by atomic mass is 9.87. The molecule has 2 N–H and O–H groups in total. The Labute approximate surface area is 225 Å². The maximum absolute atomic E-state index is 14.2. The van der Waals surface area contributed by atoms with Crippen molar-refractivity contribution in [2.45, 2.75) is 57.5 Å². The summed E-state index contributed by atoms with van der Waals surface area (Å²) in [6.07, 6.45) is 17.7. The smallest absolute Gasteiger partial charge is 0.251 e. The highest BCUT2D eigenvalue weighted by Crippen LogP contribution is 2.35. The molecule has 0 saturated heterocycles. The lowest BCUT2D eigenvalue weighted by Crippen LogP contribution is -2.38. The van der Waals surface area contributed by atoms with Gasteiger partial charge in [-0.05, 0) is 60.0 Å². The highest BCUT2D eigenvalue weighted by atomic mass is 19.1. The van der Waals surface area contributed by atoms with E-state index in [0.717, 1.165) is 12.1 Å². The molecule has 2 unspecified atom stereocenters. The lowest BCUT2D eigenvalue weighted by molar-refractivity contribution is 0.0916. The van der Waals surface area contributed by atoms with Gasteiger partial charge >= 0.3 is 0 Å². The average molecular weight is 519 g/mol. The van der Waals surface area contributed by atoms with Crippen LogP contribution in [0.25, 0.3) is 11.1 Å². The summed E-state index contributed by atoms with van der Waals surface area (Å²) in [7, 11) is 1.43. The van der Waals surface area contributed by atoms with Crippen LogP contribution in [0.1, 0.15) is 55.8 Å². The molecule has 1 heterocycles. The van der Waals surface area contributed by atoms with Crippen LogP contribution in [0.5, 0.6) is 5.75 Å². The predicted molar refractivity (Wildman–Crippen MR) is 150 cm³/mol. The average Bonchev–Trinajstić information content (AvgIpc) is 3.29. The van der Waals surface area contributed by atoms with Gasteiger partial charge in [0.15, 0.2) is 11.6 Å². The van der Waals surface area contributed by atoms with Crippen molar-refractivity contribution in [1.29, 1.82) is 0 Å². The standard InChI is InChI=1S/C32H39FN2O3/c1-3-4-5-6-9-17-35-21-26(28-13-7-8-14-30(28)35)19-27(22-36)34-32(37)25-12-10-11-23(18-25)24-15-16-31(38-2)29(33)20-24/h7-8,10-16,18,20-21,27-28,30,36H,3-6,9,17,19,22H2,1-2H3,(H,34,37)/t27-,28?,30?/m1/s1. The fourth-order valence-electron chi connectivity index (χ4n) is 5.34. The van der Waals surface area contributed by atoms with E-state index in [1.54, 1.807) is 30.3 Å². The Morgan fingerprint density at radius 3 is 2.63 bits per heavy atom. The number of nitrogens with one attached hydrogen (secondary N) is 1. The monoisotopic (exact) mass is 518 g/mol. The third-order valence-corrected chi connectivity index (χ3v) is 7.42. The van der Waals surface area contributed by atoms with Gasteiger partial charge < -0.3 is 20.1 Å². The van der Waals surface area contributed by atoms with Crippen LogP contribution >= 0.6 is 0 Å². The summed E-state index contributed by atoms with van der Waals surface area (Å²) < 4.78 is 19.2. The minimum atomic E-state index is -0.454. The fraction of sp³-hybridized carbons (Fsp3) is 0.406. The number of aliphatic hydroxyl groups is 1. The van der Waals surface area contributed by atoms with Crippen LogP contribution in [-0.2, 0) is 0 Å². The van der Waals surface area contributed by atoms with Gasteiger partial charge in [0.05, 0.1) is 25.8 Å². The first-order valence-corrected chi connectivity index (χ1v) is 13.7. The van der Waals surface area contributed by atoms with E-state index in [9.17, 15) is 14.3 Å². The van der Waals surface area contributed by atoms with Crippen molar-refractivity contribution in [2.24, 2.45) is 5.92 Å². The van der Waals surface area contributed by atoms with Crippen LogP contribution in [-0.4, -0.2) is 48.3 Å². The molecule has 2 aromatic carbocycles. The van der Waals surface area contributed by atoms with Crippen molar-refractivity contribution in [2.75, 3.05) is 20.3 Å². The number of allylic oxidation sites excluding steroid dienone is 2. The number of nitrogens with zero attached hydrogens (tertiary/aromatic N) is 1.